The van der Waals surface area contributed by atoms with E-state index in [9.17, 15) is 4.79 Å². The van der Waals surface area contributed by atoms with Gasteiger partial charge < -0.3 is 20.1 Å². The van der Waals surface area contributed by atoms with Gasteiger partial charge in [-0.15, -0.1) is 0 Å². The van der Waals surface area contributed by atoms with E-state index in [1.54, 1.807) is 6.33 Å². The predicted molar refractivity (Wildman–Crippen MR) is 103 cm³/mol. The van der Waals surface area contributed by atoms with Gasteiger partial charge in [0.15, 0.2) is 5.58 Å². The van der Waals surface area contributed by atoms with E-state index < -0.39 is 0 Å². The normalized spacial score (nSPS) is 13.9. The Labute approximate surface area is 157 Å². The fourth-order valence-corrected chi connectivity index (χ4v) is 3.24. The smallest absolute Gasteiger partial charge is 0.226 e. The molecule has 4 rings (SSSR count). The zero-order valence-electron chi connectivity index (χ0n) is 15.0. The molecule has 8 nitrogen and oxygen atoms in total. The van der Waals surface area contributed by atoms with E-state index >= 15 is 0 Å². The van der Waals surface area contributed by atoms with Crippen molar-refractivity contribution < 1.29 is 9.32 Å². The van der Waals surface area contributed by atoms with Gasteiger partial charge in [0.25, 0.3) is 0 Å². The van der Waals surface area contributed by atoms with Crippen molar-refractivity contribution >= 4 is 28.5 Å². The van der Waals surface area contributed by atoms with Crippen LogP contribution in [0.25, 0.3) is 11.0 Å². The van der Waals surface area contributed by atoms with E-state index in [1.165, 1.54) is 12.8 Å². The molecule has 2 aromatic heterocycles. The summed E-state index contributed by atoms with van der Waals surface area (Å²) in [5.41, 5.74) is 1.35. The first-order chi connectivity index (χ1) is 13.3. The number of anilines is 2. The van der Waals surface area contributed by atoms with Gasteiger partial charge in [0.05, 0.1) is 6.42 Å². The van der Waals surface area contributed by atoms with Crippen molar-refractivity contribution in [3.63, 3.8) is 0 Å². The molecular formula is C19H22N6O2. The Morgan fingerprint density at radius 3 is 2.89 bits per heavy atom. The van der Waals surface area contributed by atoms with E-state index in [-0.39, 0.29) is 12.3 Å². The van der Waals surface area contributed by atoms with Crippen molar-refractivity contribution in [1.82, 2.24) is 20.4 Å². The molecule has 1 amide bonds. The van der Waals surface area contributed by atoms with Crippen molar-refractivity contribution in [3.8, 4) is 0 Å². The molecule has 0 spiro atoms. The number of carbonyl (C=O) groups excluding carboxylic acids is 1. The molecule has 1 saturated heterocycles. The Hall–Kier alpha value is -3.16. The Morgan fingerprint density at radius 1 is 1.15 bits per heavy atom. The molecule has 2 N–H and O–H groups in total. The van der Waals surface area contributed by atoms with Gasteiger partial charge in [-0.1, -0.05) is 17.3 Å². The largest absolute Gasteiger partial charge is 0.368 e. The highest BCUT2D eigenvalue weighted by molar-refractivity contribution is 5.86. The number of nitrogens with one attached hydrogen (secondary N) is 2. The van der Waals surface area contributed by atoms with Crippen molar-refractivity contribution in [1.29, 1.82) is 0 Å². The topological polar surface area (TPSA) is 96.2 Å². The minimum Gasteiger partial charge on any atom is -0.368 e. The van der Waals surface area contributed by atoms with E-state index in [1.807, 2.05) is 30.3 Å². The second-order valence-corrected chi connectivity index (χ2v) is 6.53. The highest BCUT2D eigenvalue weighted by Crippen LogP contribution is 2.19. The lowest BCUT2D eigenvalue weighted by molar-refractivity contribution is -0.120. The molecule has 8 heteroatoms. The Balaban J connectivity index is 1.24. The monoisotopic (exact) mass is 366 g/mol. The summed E-state index contributed by atoms with van der Waals surface area (Å²) < 4.78 is 5.23. The third-order valence-electron chi connectivity index (χ3n) is 4.62. The first kappa shape index (κ1) is 17.3. The average Bonchev–Trinajstić information content (AvgIpc) is 3.36. The molecule has 3 heterocycles. The molecule has 140 valence electrons. The van der Waals surface area contributed by atoms with Crippen LogP contribution in [-0.2, 0) is 11.2 Å². The quantitative estimate of drug-likeness (QED) is 0.617. The first-order valence-corrected chi connectivity index (χ1v) is 9.20. The van der Waals surface area contributed by atoms with Crippen LogP contribution in [0.15, 0.2) is 41.2 Å². The maximum Gasteiger partial charge on any atom is 0.226 e. The molecule has 0 aliphatic carbocycles. The average molecular weight is 366 g/mol. The van der Waals surface area contributed by atoms with Crippen LogP contribution in [-0.4, -0.2) is 47.2 Å². The highest BCUT2D eigenvalue weighted by Gasteiger charge is 2.14. The SMILES string of the molecule is O=C(Cc1noc2ccccc12)NCCNc1cc(N2CCCC2)ncn1. The zero-order chi connectivity index (χ0) is 18.5. The molecule has 0 saturated carbocycles. The molecule has 0 radical (unpaired) electrons. The van der Waals surface area contributed by atoms with Gasteiger partial charge in [0, 0.05) is 37.6 Å². The van der Waals surface area contributed by atoms with Crippen LogP contribution < -0.4 is 15.5 Å². The van der Waals surface area contributed by atoms with Crippen molar-refractivity contribution in [2.45, 2.75) is 19.3 Å². The summed E-state index contributed by atoms with van der Waals surface area (Å²) in [5.74, 6) is 1.63. The van der Waals surface area contributed by atoms with Crippen LogP contribution in [0.3, 0.4) is 0 Å². The van der Waals surface area contributed by atoms with Crippen LogP contribution in [0.5, 0.6) is 0 Å². The van der Waals surface area contributed by atoms with E-state index in [4.69, 9.17) is 4.52 Å². The first-order valence-electron chi connectivity index (χ1n) is 9.20. The summed E-state index contributed by atoms with van der Waals surface area (Å²) in [6.07, 6.45) is 4.19. The Bertz CT molecular complexity index is 919. The molecule has 27 heavy (non-hydrogen) atoms. The van der Waals surface area contributed by atoms with Crippen LogP contribution >= 0.6 is 0 Å². The lowest BCUT2D eigenvalue weighted by Gasteiger charge is -2.16. The fraction of sp³-hybridized carbons (Fsp3) is 0.368. The molecule has 1 fully saturated rings. The minimum absolute atomic E-state index is 0.0868. The van der Waals surface area contributed by atoms with E-state index in [2.05, 4.69) is 30.7 Å². The van der Waals surface area contributed by atoms with E-state index in [0.717, 1.165) is 30.1 Å². The number of rotatable bonds is 7. The maximum absolute atomic E-state index is 12.1. The summed E-state index contributed by atoms with van der Waals surface area (Å²) in [7, 11) is 0. The van der Waals surface area contributed by atoms with Gasteiger partial charge in [0.1, 0.15) is 23.7 Å². The summed E-state index contributed by atoms with van der Waals surface area (Å²) in [5, 5.41) is 11.0. The van der Waals surface area contributed by atoms with Crippen molar-refractivity contribution in [2.24, 2.45) is 0 Å². The molecular weight excluding hydrogens is 344 g/mol. The number of fused-ring (bicyclic) bond motifs is 1. The number of carbonyl (C=O) groups is 1. The van der Waals surface area contributed by atoms with Gasteiger partial charge in [-0.25, -0.2) is 9.97 Å². The molecule has 0 unspecified atom stereocenters. The van der Waals surface area contributed by atoms with Gasteiger partial charge in [0.2, 0.25) is 5.91 Å². The van der Waals surface area contributed by atoms with Gasteiger partial charge in [-0.05, 0) is 25.0 Å². The summed E-state index contributed by atoms with van der Waals surface area (Å²) in [6, 6.07) is 9.48. The number of aromatic nitrogens is 3. The maximum atomic E-state index is 12.1. The third kappa shape index (κ3) is 4.16. The Kier molecular flexibility index (Phi) is 5.13. The van der Waals surface area contributed by atoms with Crippen molar-refractivity contribution in [2.75, 3.05) is 36.4 Å². The van der Waals surface area contributed by atoms with Crippen molar-refractivity contribution in [3.05, 3.63) is 42.4 Å². The number of hydrogen-bond acceptors (Lipinski definition) is 7. The van der Waals surface area contributed by atoms with Crippen LogP contribution in [0.1, 0.15) is 18.5 Å². The third-order valence-corrected chi connectivity index (χ3v) is 4.62. The minimum atomic E-state index is -0.0868. The molecule has 1 aliphatic rings. The van der Waals surface area contributed by atoms with Gasteiger partial charge in [-0.2, -0.15) is 0 Å². The van der Waals surface area contributed by atoms with Crippen LogP contribution in [0.4, 0.5) is 11.6 Å². The molecule has 3 aromatic rings. The fourth-order valence-electron chi connectivity index (χ4n) is 3.24. The number of hydrogen-bond donors (Lipinski definition) is 2. The number of para-hydroxylation sites is 1. The molecule has 0 bridgehead atoms. The number of amides is 1. The van der Waals surface area contributed by atoms with Gasteiger partial charge >= 0.3 is 0 Å². The summed E-state index contributed by atoms with van der Waals surface area (Å²) in [6.45, 7) is 3.17. The molecule has 1 aromatic carbocycles. The summed E-state index contributed by atoms with van der Waals surface area (Å²) >= 11 is 0. The second-order valence-electron chi connectivity index (χ2n) is 6.53. The lowest BCUT2D eigenvalue weighted by atomic mass is 10.1. The zero-order valence-corrected chi connectivity index (χ0v) is 15.0. The van der Waals surface area contributed by atoms with Crippen LogP contribution in [0, 0.1) is 0 Å². The lowest BCUT2D eigenvalue weighted by Crippen LogP contribution is -2.30. The highest BCUT2D eigenvalue weighted by atomic mass is 16.5. The number of benzene rings is 1. The molecule has 0 atom stereocenters. The Morgan fingerprint density at radius 2 is 2.00 bits per heavy atom. The van der Waals surface area contributed by atoms with Crippen LogP contribution in [0.2, 0.25) is 0 Å². The predicted octanol–water partition coefficient (Wildman–Crippen LogP) is 1.99. The number of nitrogens with zero attached hydrogens (tertiary/aromatic N) is 4. The van der Waals surface area contributed by atoms with E-state index in [0.29, 0.717) is 24.4 Å². The standard InChI is InChI=1S/C19H22N6O2/c26-19(11-15-14-5-1-2-6-16(14)27-24-15)21-8-7-20-17-12-18(23-13-22-17)25-9-3-4-10-25/h1-2,5-6,12-13H,3-4,7-11H2,(H,21,26)(H,20,22,23). The van der Waals surface area contributed by atoms with Gasteiger partial charge in [-0.3, -0.25) is 4.79 Å². The molecule has 1 aliphatic heterocycles. The second kappa shape index (κ2) is 8.03. The summed E-state index contributed by atoms with van der Waals surface area (Å²) in [4.78, 5) is 23.0.